The van der Waals surface area contributed by atoms with Crippen molar-refractivity contribution < 1.29 is 9.59 Å². The Morgan fingerprint density at radius 1 is 1.03 bits per heavy atom. The molecule has 2 rings (SSSR count). The number of nitrogens with two attached hydrogens (primary N) is 1. The molecule has 1 heterocycles. The van der Waals surface area contributed by atoms with Crippen LogP contribution in [-0.4, -0.2) is 49.4 Å². The van der Waals surface area contributed by atoms with Crippen LogP contribution >= 0.6 is 24.8 Å². The van der Waals surface area contributed by atoms with Gasteiger partial charge in [-0.1, -0.05) is 26.0 Å². The molecular weight excluding hydrogens is 411 g/mol. The van der Waals surface area contributed by atoms with Crippen molar-refractivity contribution in [3.63, 3.8) is 0 Å². The summed E-state index contributed by atoms with van der Waals surface area (Å²) in [5.41, 5.74) is 6.94. The van der Waals surface area contributed by atoms with Crippen LogP contribution in [0.4, 0.5) is 0 Å². The first-order valence-corrected chi connectivity index (χ1v) is 10.1. The van der Waals surface area contributed by atoms with Gasteiger partial charge in [-0.25, -0.2) is 0 Å². The zero-order chi connectivity index (χ0) is 19.7. The van der Waals surface area contributed by atoms with Crippen LogP contribution in [0.1, 0.15) is 55.5 Å². The van der Waals surface area contributed by atoms with Crippen molar-refractivity contribution in [2.75, 3.05) is 32.7 Å². The molecule has 29 heavy (non-hydrogen) atoms. The number of nitrogens with zero attached hydrogens (tertiary/aromatic N) is 1. The molecule has 1 fully saturated rings. The predicted molar refractivity (Wildman–Crippen MR) is 123 cm³/mol. The molecule has 0 aromatic heterocycles. The Kier molecular flexibility index (Phi) is 13.2. The first-order valence-electron chi connectivity index (χ1n) is 10.1. The third-order valence-corrected chi connectivity index (χ3v) is 5.81. The second-order valence-electron chi connectivity index (χ2n) is 7.38. The molecule has 166 valence electrons. The highest BCUT2D eigenvalue weighted by atomic mass is 35.5. The van der Waals surface area contributed by atoms with E-state index in [1.165, 1.54) is 12.8 Å². The zero-order valence-corrected chi connectivity index (χ0v) is 19.2. The molecule has 0 unspecified atom stereocenters. The summed E-state index contributed by atoms with van der Waals surface area (Å²) in [4.78, 5) is 27.1. The lowest BCUT2D eigenvalue weighted by atomic mass is 9.81. The van der Waals surface area contributed by atoms with Gasteiger partial charge < -0.3 is 21.3 Å². The largest absolute Gasteiger partial charge is 0.352 e. The van der Waals surface area contributed by atoms with E-state index in [9.17, 15) is 9.59 Å². The van der Waals surface area contributed by atoms with E-state index < -0.39 is 5.41 Å². The van der Waals surface area contributed by atoms with E-state index in [4.69, 9.17) is 5.73 Å². The highest BCUT2D eigenvalue weighted by molar-refractivity contribution is 5.94. The summed E-state index contributed by atoms with van der Waals surface area (Å²) in [5, 5.41) is 5.96. The summed E-state index contributed by atoms with van der Waals surface area (Å²) >= 11 is 0. The number of nitrogens with one attached hydrogen (secondary N) is 2. The number of hydrogen-bond acceptors (Lipinski definition) is 4. The lowest BCUT2D eigenvalue weighted by molar-refractivity contribution is -0.131. The SMILES string of the molecule is CCC(CC)(CN)C(=O)NCc1ccc(C(=O)NCCN2CCCC2)cc1.Cl.Cl. The highest BCUT2D eigenvalue weighted by Gasteiger charge is 2.32. The van der Waals surface area contributed by atoms with Crippen LogP contribution in [0.25, 0.3) is 0 Å². The molecule has 0 saturated carbocycles. The lowest BCUT2D eigenvalue weighted by Gasteiger charge is -2.28. The van der Waals surface area contributed by atoms with Gasteiger partial charge in [-0.2, -0.15) is 0 Å². The van der Waals surface area contributed by atoms with Crippen molar-refractivity contribution in [2.45, 2.75) is 46.1 Å². The van der Waals surface area contributed by atoms with Crippen molar-refractivity contribution in [3.05, 3.63) is 35.4 Å². The average molecular weight is 447 g/mol. The van der Waals surface area contributed by atoms with Crippen molar-refractivity contribution in [2.24, 2.45) is 11.1 Å². The van der Waals surface area contributed by atoms with E-state index in [1.54, 1.807) is 0 Å². The first kappa shape index (κ1) is 27.7. The van der Waals surface area contributed by atoms with Crippen LogP contribution < -0.4 is 16.4 Å². The fourth-order valence-electron chi connectivity index (χ4n) is 3.53. The van der Waals surface area contributed by atoms with E-state index in [2.05, 4.69) is 15.5 Å². The van der Waals surface area contributed by atoms with Crippen LogP contribution in [-0.2, 0) is 11.3 Å². The Hall–Kier alpha value is -1.34. The third kappa shape index (κ3) is 7.78. The minimum absolute atomic E-state index is 0. The minimum Gasteiger partial charge on any atom is -0.352 e. The maximum absolute atomic E-state index is 12.5. The van der Waals surface area contributed by atoms with E-state index in [1.807, 2.05) is 38.1 Å². The number of amides is 2. The monoisotopic (exact) mass is 446 g/mol. The van der Waals surface area contributed by atoms with Gasteiger partial charge in [0.1, 0.15) is 0 Å². The molecule has 0 spiro atoms. The van der Waals surface area contributed by atoms with Gasteiger partial charge in [0, 0.05) is 31.7 Å². The standard InChI is InChI=1S/C21H34N4O2.2ClH/c1-3-21(4-2,16-22)20(27)24-15-17-7-9-18(10-8-17)19(26)23-11-14-25-12-5-6-13-25;;/h7-10H,3-6,11-16,22H2,1-2H3,(H,23,26)(H,24,27);2*1H. The molecule has 1 aromatic carbocycles. The van der Waals surface area contributed by atoms with Gasteiger partial charge in [0.05, 0.1) is 5.41 Å². The Balaban J connectivity index is 0.00000392. The van der Waals surface area contributed by atoms with Crippen molar-refractivity contribution in [1.82, 2.24) is 15.5 Å². The summed E-state index contributed by atoms with van der Waals surface area (Å²) in [7, 11) is 0. The van der Waals surface area contributed by atoms with Gasteiger partial charge >= 0.3 is 0 Å². The Bertz CT molecular complexity index is 607. The summed E-state index contributed by atoms with van der Waals surface area (Å²) in [5.74, 6) is -0.0531. The molecule has 0 radical (unpaired) electrons. The number of carbonyl (C=O) groups excluding carboxylic acids is 2. The van der Waals surface area contributed by atoms with Crippen LogP contribution in [0, 0.1) is 5.41 Å². The lowest BCUT2D eigenvalue weighted by Crippen LogP contribution is -2.45. The topological polar surface area (TPSA) is 87.5 Å². The van der Waals surface area contributed by atoms with Gasteiger partial charge in [-0.3, -0.25) is 9.59 Å². The molecule has 1 aliphatic heterocycles. The first-order chi connectivity index (χ1) is 13.0. The minimum atomic E-state index is -0.491. The number of carbonyl (C=O) groups is 2. The van der Waals surface area contributed by atoms with E-state index >= 15 is 0 Å². The second-order valence-corrected chi connectivity index (χ2v) is 7.38. The third-order valence-electron chi connectivity index (χ3n) is 5.81. The zero-order valence-electron chi connectivity index (χ0n) is 17.5. The fourth-order valence-corrected chi connectivity index (χ4v) is 3.53. The Labute approximate surface area is 187 Å². The average Bonchev–Trinajstić information content (AvgIpc) is 3.22. The molecule has 0 bridgehead atoms. The molecule has 1 aromatic rings. The number of halogens is 2. The van der Waals surface area contributed by atoms with Crippen LogP contribution in [0.3, 0.4) is 0 Å². The molecule has 2 amide bonds. The molecular formula is C21H36Cl2N4O2. The summed E-state index contributed by atoms with van der Waals surface area (Å²) in [6.07, 6.45) is 3.97. The van der Waals surface area contributed by atoms with Gasteiger partial charge in [0.15, 0.2) is 0 Å². The smallest absolute Gasteiger partial charge is 0.251 e. The molecule has 4 N–H and O–H groups in total. The number of hydrogen-bond donors (Lipinski definition) is 3. The molecule has 0 atom stereocenters. The van der Waals surface area contributed by atoms with Crippen molar-refractivity contribution in [3.8, 4) is 0 Å². The second kappa shape index (κ2) is 13.8. The Morgan fingerprint density at radius 2 is 1.62 bits per heavy atom. The number of likely N-dealkylation sites (tertiary alicyclic amines) is 1. The van der Waals surface area contributed by atoms with Crippen molar-refractivity contribution >= 4 is 36.6 Å². The molecule has 6 nitrogen and oxygen atoms in total. The summed E-state index contributed by atoms with van der Waals surface area (Å²) in [6.45, 7) is 8.63. The Morgan fingerprint density at radius 3 is 2.14 bits per heavy atom. The van der Waals surface area contributed by atoms with E-state index in [0.717, 1.165) is 38.0 Å². The number of benzene rings is 1. The van der Waals surface area contributed by atoms with Gasteiger partial charge in [-0.15, -0.1) is 24.8 Å². The predicted octanol–water partition coefficient (Wildman–Crippen LogP) is 2.74. The normalized spacial score (nSPS) is 13.9. The van der Waals surface area contributed by atoms with Crippen LogP contribution in [0.2, 0.25) is 0 Å². The van der Waals surface area contributed by atoms with Gasteiger partial charge in [0.2, 0.25) is 5.91 Å². The van der Waals surface area contributed by atoms with Gasteiger partial charge in [0.25, 0.3) is 5.91 Å². The van der Waals surface area contributed by atoms with E-state index in [-0.39, 0.29) is 36.6 Å². The quantitative estimate of drug-likeness (QED) is 0.515. The molecule has 0 aliphatic carbocycles. The summed E-state index contributed by atoms with van der Waals surface area (Å²) in [6, 6.07) is 7.39. The highest BCUT2D eigenvalue weighted by Crippen LogP contribution is 2.25. The summed E-state index contributed by atoms with van der Waals surface area (Å²) < 4.78 is 0. The maximum Gasteiger partial charge on any atom is 0.251 e. The molecule has 1 saturated heterocycles. The van der Waals surface area contributed by atoms with Crippen LogP contribution in [0.5, 0.6) is 0 Å². The molecule has 8 heteroatoms. The van der Waals surface area contributed by atoms with Crippen molar-refractivity contribution in [1.29, 1.82) is 0 Å². The number of rotatable bonds is 10. The molecule has 1 aliphatic rings. The van der Waals surface area contributed by atoms with Crippen LogP contribution in [0.15, 0.2) is 24.3 Å². The van der Waals surface area contributed by atoms with E-state index in [0.29, 0.717) is 25.2 Å². The maximum atomic E-state index is 12.5. The fraction of sp³-hybridized carbons (Fsp3) is 0.619. The van der Waals surface area contributed by atoms with Gasteiger partial charge in [-0.05, 0) is 56.5 Å².